The zero-order chi connectivity index (χ0) is 10.4. The van der Waals surface area contributed by atoms with Crippen LogP contribution in [-0.2, 0) is 6.54 Å². The van der Waals surface area contributed by atoms with Gasteiger partial charge in [-0.1, -0.05) is 0 Å². The van der Waals surface area contributed by atoms with Crippen molar-refractivity contribution in [1.82, 2.24) is 9.78 Å². The Morgan fingerprint density at radius 1 is 1.47 bits per heavy atom. The largest absolute Gasteiger partial charge is 0.264 e. The van der Waals surface area contributed by atoms with Crippen molar-refractivity contribution >= 4 is 33.5 Å². The zero-order valence-electron chi connectivity index (χ0n) is 8.08. The van der Waals surface area contributed by atoms with Crippen molar-refractivity contribution in [3.05, 3.63) is 27.7 Å². The molecule has 0 bridgehead atoms. The third-order valence-electron chi connectivity index (χ3n) is 2.80. The van der Waals surface area contributed by atoms with Gasteiger partial charge in [0.25, 0.3) is 0 Å². The molecule has 1 saturated carbocycles. The molecule has 3 rings (SSSR count). The summed E-state index contributed by atoms with van der Waals surface area (Å²) in [6.45, 7) is 0.977. The van der Waals surface area contributed by atoms with Crippen LogP contribution in [0.5, 0.6) is 0 Å². The van der Waals surface area contributed by atoms with E-state index in [0.29, 0.717) is 0 Å². The first-order valence-electron chi connectivity index (χ1n) is 5.05. The fourth-order valence-electron chi connectivity index (χ4n) is 1.80. The molecule has 2 aromatic rings. The van der Waals surface area contributed by atoms with Crippen LogP contribution in [0.4, 0.5) is 4.39 Å². The minimum atomic E-state index is -0.189. The normalized spacial score (nSPS) is 16.1. The van der Waals surface area contributed by atoms with E-state index in [2.05, 4.69) is 27.7 Å². The standard InChI is InChI=1S/C11H10FIN2/c12-8-3-4-10-9(5-8)11(13)14-15(10)6-7-1-2-7/h3-5,7H,1-2,6H2. The van der Waals surface area contributed by atoms with Gasteiger partial charge in [0.05, 0.1) is 5.52 Å². The summed E-state index contributed by atoms with van der Waals surface area (Å²) in [6.07, 6.45) is 2.61. The number of hydrogen-bond donors (Lipinski definition) is 0. The van der Waals surface area contributed by atoms with Crippen LogP contribution in [0.15, 0.2) is 18.2 Å². The van der Waals surface area contributed by atoms with Crippen molar-refractivity contribution in [3.63, 3.8) is 0 Å². The molecule has 0 radical (unpaired) electrons. The Bertz CT molecular complexity index is 517. The van der Waals surface area contributed by atoms with Gasteiger partial charge in [-0.25, -0.2) is 4.39 Å². The third kappa shape index (κ3) is 1.75. The molecule has 2 nitrogen and oxygen atoms in total. The van der Waals surface area contributed by atoms with Gasteiger partial charge in [-0.3, -0.25) is 4.68 Å². The molecule has 0 amide bonds. The van der Waals surface area contributed by atoms with E-state index in [4.69, 9.17) is 0 Å². The van der Waals surface area contributed by atoms with Crippen LogP contribution >= 0.6 is 22.6 Å². The molecule has 1 aliphatic rings. The summed E-state index contributed by atoms with van der Waals surface area (Å²) in [5, 5.41) is 5.37. The minimum Gasteiger partial charge on any atom is -0.264 e. The number of benzene rings is 1. The van der Waals surface area contributed by atoms with Gasteiger partial charge in [0, 0.05) is 11.9 Å². The molecule has 0 unspecified atom stereocenters. The zero-order valence-corrected chi connectivity index (χ0v) is 10.2. The lowest BCUT2D eigenvalue weighted by Crippen LogP contribution is -2.01. The molecule has 0 aliphatic heterocycles. The third-order valence-corrected chi connectivity index (χ3v) is 3.59. The van der Waals surface area contributed by atoms with Crippen LogP contribution in [0, 0.1) is 15.4 Å². The molecule has 4 heteroatoms. The molecule has 1 fully saturated rings. The van der Waals surface area contributed by atoms with E-state index in [1.165, 1.54) is 18.9 Å². The van der Waals surface area contributed by atoms with E-state index in [0.717, 1.165) is 27.1 Å². The second kappa shape index (κ2) is 3.43. The first kappa shape index (κ1) is 9.57. The van der Waals surface area contributed by atoms with Crippen molar-refractivity contribution < 1.29 is 4.39 Å². The van der Waals surface area contributed by atoms with Gasteiger partial charge in [0.2, 0.25) is 0 Å². The summed E-state index contributed by atoms with van der Waals surface area (Å²) in [6, 6.07) is 4.89. The second-order valence-electron chi connectivity index (χ2n) is 4.08. The molecule has 15 heavy (non-hydrogen) atoms. The van der Waals surface area contributed by atoms with E-state index >= 15 is 0 Å². The van der Waals surface area contributed by atoms with Gasteiger partial charge in [-0.15, -0.1) is 0 Å². The molecule has 0 saturated heterocycles. The Kier molecular flexibility index (Phi) is 2.19. The Balaban J connectivity index is 2.13. The minimum absolute atomic E-state index is 0.189. The molecule has 1 aromatic carbocycles. The van der Waals surface area contributed by atoms with Crippen LogP contribution < -0.4 is 0 Å². The SMILES string of the molecule is Fc1ccc2c(c1)c(I)nn2CC1CC1. The number of aromatic nitrogens is 2. The lowest BCUT2D eigenvalue weighted by molar-refractivity contribution is 0.577. The lowest BCUT2D eigenvalue weighted by Gasteiger charge is -2.00. The van der Waals surface area contributed by atoms with Gasteiger partial charge in [0.15, 0.2) is 0 Å². The van der Waals surface area contributed by atoms with Crippen molar-refractivity contribution in [2.24, 2.45) is 5.92 Å². The van der Waals surface area contributed by atoms with Crippen LogP contribution in [-0.4, -0.2) is 9.78 Å². The van der Waals surface area contributed by atoms with Crippen LogP contribution in [0.2, 0.25) is 0 Å². The molecule has 0 atom stereocenters. The number of hydrogen-bond acceptors (Lipinski definition) is 1. The van der Waals surface area contributed by atoms with Crippen LogP contribution in [0.3, 0.4) is 0 Å². The van der Waals surface area contributed by atoms with E-state index < -0.39 is 0 Å². The Morgan fingerprint density at radius 2 is 2.27 bits per heavy atom. The lowest BCUT2D eigenvalue weighted by atomic mass is 10.2. The van der Waals surface area contributed by atoms with Crippen LogP contribution in [0.25, 0.3) is 10.9 Å². The maximum Gasteiger partial charge on any atom is 0.131 e. The molecule has 0 spiro atoms. The van der Waals surface area contributed by atoms with Crippen molar-refractivity contribution in [2.45, 2.75) is 19.4 Å². The van der Waals surface area contributed by atoms with Gasteiger partial charge in [-0.2, -0.15) is 5.10 Å². The number of rotatable bonds is 2. The van der Waals surface area contributed by atoms with E-state index in [1.54, 1.807) is 6.07 Å². The predicted octanol–water partition coefficient (Wildman–Crippen LogP) is 3.19. The quantitative estimate of drug-likeness (QED) is 0.778. The Morgan fingerprint density at radius 3 is 3.00 bits per heavy atom. The summed E-state index contributed by atoms with van der Waals surface area (Å²) >= 11 is 2.16. The highest BCUT2D eigenvalue weighted by Crippen LogP contribution is 2.32. The second-order valence-corrected chi connectivity index (χ2v) is 5.10. The van der Waals surface area contributed by atoms with Gasteiger partial charge in [-0.05, 0) is 59.5 Å². The average Bonchev–Trinajstić information content (AvgIpc) is 2.95. The number of nitrogens with zero attached hydrogens (tertiary/aromatic N) is 2. The molecule has 1 heterocycles. The Hall–Kier alpha value is -0.650. The molecule has 1 aliphatic carbocycles. The van der Waals surface area contributed by atoms with E-state index in [9.17, 15) is 4.39 Å². The smallest absolute Gasteiger partial charge is 0.131 e. The van der Waals surface area contributed by atoms with Crippen molar-refractivity contribution in [3.8, 4) is 0 Å². The van der Waals surface area contributed by atoms with E-state index in [-0.39, 0.29) is 5.82 Å². The average molecular weight is 316 g/mol. The fourth-order valence-corrected chi connectivity index (χ4v) is 2.49. The van der Waals surface area contributed by atoms with Gasteiger partial charge < -0.3 is 0 Å². The topological polar surface area (TPSA) is 17.8 Å². The molecule has 78 valence electrons. The summed E-state index contributed by atoms with van der Waals surface area (Å²) < 4.78 is 16.0. The van der Waals surface area contributed by atoms with Crippen molar-refractivity contribution in [2.75, 3.05) is 0 Å². The van der Waals surface area contributed by atoms with Crippen LogP contribution in [0.1, 0.15) is 12.8 Å². The molecule has 1 aromatic heterocycles. The fraction of sp³-hybridized carbons (Fsp3) is 0.364. The summed E-state index contributed by atoms with van der Waals surface area (Å²) in [5.74, 6) is 0.598. The molecular formula is C11H10FIN2. The number of fused-ring (bicyclic) bond motifs is 1. The monoisotopic (exact) mass is 316 g/mol. The van der Waals surface area contributed by atoms with E-state index in [1.807, 2.05) is 10.7 Å². The summed E-state index contributed by atoms with van der Waals surface area (Å²) in [7, 11) is 0. The molecule has 0 N–H and O–H groups in total. The summed E-state index contributed by atoms with van der Waals surface area (Å²) in [5.41, 5.74) is 1.05. The van der Waals surface area contributed by atoms with Crippen molar-refractivity contribution in [1.29, 1.82) is 0 Å². The van der Waals surface area contributed by atoms with Gasteiger partial charge >= 0.3 is 0 Å². The highest BCUT2D eigenvalue weighted by Gasteiger charge is 2.23. The highest BCUT2D eigenvalue weighted by molar-refractivity contribution is 14.1. The van der Waals surface area contributed by atoms with Gasteiger partial charge in [0.1, 0.15) is 9.52 Å². The number of halogens is 2. The highest BCUT2D eigenvalue weighted by atomic mass is 127. The Labute approximate surface area is 101 Å². The first-order chi connectivity index (χ1) is 7.24. The maximum atomic E-state index is 13.1. The molecular weight excluding hydrogens is 306 g/mol. The maximum absolute atomic E-state index is 13.1. The summed E-state index contributed by atoms with van der Waals surface area (Å²) in [4.78, 5) is 0. The predicted molar refractivity (Wildman–Crippen MR) is 65.1 cm³/mol. The first-order valence-corrected chi connectivity index (χ1v) is 6.13.